The third-order valence-corrected chi connectivity index (χ3v) is 3.76. The Morgan fingerprint density at radius 3 is 2.56 bits per heavy atom. The van der Waals surface area contributed by atoms with Gasteiger partial charge in [-0.2, -0.15) is 0 Å². The second-order valence-corrected chi connectivity index (χ2v) is 4.91. The highest BCUT2D eigenvalue weighted by Gasteiger charge is 2.34. The van der Waals surface area contributed by atoms with E-state index in [2.05, 4.69) is 24.4 Å². The van der Waals surface area contributed by atoms with Crippen LogP contribution in [0.1, 0.15) is 31.7 Å². The standard InChI is InChI=1S/C15H21NO2/c1-3-15(18-2,13-7-5-4-6-8-13)11-16-14(17)12-9-10-12/h4-8,12H,3,9-11H2,1-2H3,(H,16,17)/t15-/m1/s1. The monoisotopic (exact) mass is 247 g/mol. The van der Waals surface area contributed by atoms with Gasteiger partial charge in [-0.1, -0.05) is 37.3 Å². The van der Waals surface area contributed by atoms with Crippen molar-refractivity contribution in [3.8, 4) is 0 Å². The molecule has 98 valence electrons. The quantitative estimate of drug-likeness (QED) is 0.838. The fourth-order valence-corrected chi connectivity index (χ4v) is 2.23. The lowest BCUT2D eigenvalue weighted by molar-refractivity contribution is -0.124. The average molecular weight is 247 g/mol. The van der Waals surface area contributed by atoms with Crippen LogP contribution in [0.4, 0.5) is 0 Å². The number of nitrogens with one attached hydrogen (secondary N) is 1. The summed E-state index contributed by atoms with van der Waals surface area (Å²) < 4.78 is 5.71. The molecular formula is C15H21NO2. The number of ether oxygens (including phenoxy) is 1. The lowest BCUT2D eigenvalue weighted by Crippen LogP contribution is -2.42. The van der Waals surface area contributed by atoms with Crippen molar-refractivity contribution >= 4 is 5.91 Å². The topological polar surface area (TPSA) is 38.3 Å². The van der Waals surface area contributed by atoms with Crippen LogP contribution in [-0.4, -0.2) is 19.6 Å². The molecule has 0 spiro atoms. The van der Waals surface area contributed by atoms with Crippen molar-refractivity contribution in [2.45, 2.75) is 31.8 Å². The normalized spacial score (nSPS) is 18.1. The molecule has 1 fully saturated rings. The van der Waals surface area contributed by atoms with E-state index >= 15 is 0 Å². The third-order valence-electron chi connectivity index (χ3n) is 3.76. The smallest absolute Gasteiger partial charge is 0.223 e. The molecule has 0 bridgehead atoms. The molecule has 18 heavy (non-hydrogen) atoms. The van der Waals surface area contributed by atoms with Crippen molar-refractivity contribution in [3.05, 3.63) is 35.9 Å². The molecular weight excluding hydrogens is 226 g/mol. The molecule has 1 N–H and O–H groups in total. The first-order valence-electron chi connectivity index (χ1n) is 6.60. The van der Waals surface area contributed by atoms with Gasteiger partial charge in [-0.3, -0.25) is 4.79 Å². The summed E-state index contributed by atoms with van der Waals surface area (Å²) >= 11 is 0. The molecule has 1 atom stereocenters. The van der Waals surface area contributed by atoms with Crippen LogP contribution in [0.15, 0.2) is 30.3 Å². The zero-order chi connectivity index (χ0) is 13.0. The molecule has 1 aliphatic rings. The van der Waals surface area contributed by atoms with Crippen LogP contribution in [0.3, 0.4) is 0 Å². The van der Waals surface area contributed by atoms with E-state index in [1.165, 1.54) is 0 Å². The zero-order valence-electron chi connectivity index (χ0n) is 11.1. The molecule has 1 aromatic carbocycles. The Morgan fingerprint density at radius 1 is 1.39 bits per heavy atom. The molecule has 0 saturated heterocycles. The molecule has 0 heterocycles. The number of benzene rings is 1. The molecule has 1 saturated carbocycles. The molecule has 0 radical (unpaired) electrons. The summed E-state index contributed by atoms with van der Waals surface area (Å²) in [6, 6.07) is 10.1. The van der Waals surface area contributed by atoms with Gasteiger partial charge < -0.3 is 10.1 Å². The highest BCUT2D eigenvalue weighted by molar-refractivity contribution is 5.80. The van der Waals surface area contributed by atoms with Gasteiger partial charge >= 0.3 is 0 Å². The first-order chi connectivity index (χ1) is 8.72. The number of rotatable bonds is 6. The fourth-order valence-electron chi connectivity index (χ4n) is 2.23. The van der Waals surface area contributed by atoms with Gasteiger partial charge in [0.15, 0.2) is 0 Å². The SMILES string of the molecule is CC[C@](CNC(=O)C1CC1)(OC)c1ccccc1. The van der Waals surface area contributed by atoms with Crippen molar-refractivity contribution in [1.82, 2.24) is 5.32 Å². The predicted octanol–water partition coefficient (Wildman–Crippen LogP) is 2.46. The van der Waals surface area contributed by atoms with Gasteiger partial charge in [-0.25, -0.2) is 0 Å². The summed E-state index contributed by atoms with van der Waals surface area (Å²) in [6.45, 7) is 2.62. The zero-order valence-corrected chi connectivity index (χ0v) is 11.1. The average Bonchev–Trinajstić information content (AvgIpc) is 3.26. The van der Waals surface area contributed by atoms with E-state index < -0.39 is 5.60 Å². The highest BCUT2D eigenvalue weighted by Crippen LogP contribution is 2.31. The second kappa shape index (κ2) is 5.53. The van der Waals surface area contributed by atoms with Crippen LogP contribution in [0.25, 0.3) is 0 Å². The maximum absolute atomic E-state index is 11.7. The molecule has 3 nitrogen and oxygen atoms in total. The molecule has 0 aliphatic heterocycles. The minimum atomic E-state index is -0.411. The van der Waals surface area contributed by atoms with Gasteiger partial charge in [-0.15, -0.1) is 0 Å². The third kappa shape index (κ3) is 2.72. The Labute approximate surface area is 109 Å². The van der Waals surface area contributed by atoms with Gasteiger partial charge in [0.25, 0.3) is 0 Å². The number of methoxy groups -OCH3 is 1. The van der Waals surface area contributed by atoms with Gasteiger partial charge in [0, 0.05) is 13.0 Å². The molecule has 1 aromatic rings. The van der Waals surface area contributed by atoms with Gasteiger partial charge in [-0.05, 0) is 24.8 Å². The molecule has 1 amide bonds. The number of carbonyl (C=O) groups is 1. The van der Waals surface area contributed by atoms with Crippen molar-refractivity contribution in [1.29, 1.82) is 0 Å². The Hall–Kier alpha value is -1.35. The molecule has 1 aliphatic carbocycles. The highest BCUT2D eigenvalue weighted by atomic mass is 16.5. The van der Waals surface area contributed by atoms with E-state index in [1.54, 1.807) is 7.11 Å². The van der Waals surface area contributed by atoms with Crippen molar-refractivity contribution in [2.24, 2.45) is 5.92 Å². The first kappa shape index (κ1) is 13.1. The van der Waals surface area contributed by atoms with Crippen LogP contribution in [0.5, 0.6) is 0 Å². The first-order valence-corrected chi connectivity index (χ1v) is 6.60. The van der Waals surface area contributed by atoms with E-state index in [4.69, 9.17) is 4.74 Å². The number of carbonyl (C=O) groups excluding carboxylic acids is 1. The summed E-state index contributed by atoms with van der Waals surface area (Å²) in [5.41, 5.74) is 0.706. The molecule has 0 unspecified atom stereocenters. The van der Waals surface area contributed by atoms with Gasteiger partial charge in [0.1, 0.15) is 5.60 Å². The minimum absolute atomic E-state index is 0.167. The predicted molar refractivity (Wildman–Crippen MR) is 71.2 cm³/mol. The van der Waals surface area contributed by atoms with Crippen molar-refractivity contribution in [3.63, 3.8) is 0 Å². The summed E-state index contributed by atoms with van der Waals surface area (Å²) in [7, 11) is 1.71. The Morgan fingerprint density at radius 2 is 2.06 bits per heavy atom. The van der Waals surface area contributed by atoms with E-state index in [0.717, 1.165) is 24.8 Å². The van der Waals surface area contributed by atoms with Crippen LogP contribution >= 0.6 is 0 Å². The number of hydrogen-bond donors (Lipinski definition) is 1. The van der Waals surface area contributed by atoms with Gasteiger partial charge in [0.2, 0.25) is 5.91 Å². The minimum Gasteiger partial charge on any atom is -0.372 e. The summed E-state index contributed by atoms with van der Waals surface area (Å²) in [5, 5.41) is 3.02. The maximum Gasteiger partial charge on any atom is 0.223 e. The second-order valence-electron chi connectivity index (χ2n) is 4.91. The van der Waals surface area contributed by atoms with Crippen LogP contribution in [0.2, 0.25) is 0 Å². The van der Waals surface area contributed by atoms with E-state index in [9.17, 15) is 4.79 Å². The summed E-state index contributed by atoms with van der Waals surface area (Å²) in [4.78, 5) is 11.7. The largest absolute Gasteiger partial charge is 0.372 e. The Kier molecular flexibility index (Phi) is 4.02. The van der Waals surface area contributed by atoms with Crippen molar-refractivity contribution < 1.29 is 9.53 Å². The number of hydrogen-bond acceptors (Lipinski definition) is 2. The van der Waals surface area contributed by atoms with Crippen molar-refractivity contribution in [2.75, 3.05) is 13.7 Å². The van der Waals surface area contributed by atoms with Crippen LogP contribution < -0.4 is 5.32 Å². The van der Waals surface area contributed by atoms with E-state index in [1.807, 2.05) is 18.2 Å². The van der Waals surface area contributed by atoms with E-state index in [0.29, 0.717) is 6.54 Å². The molecule has 3 heteroatoms. The maximum atomic E-state index is 11.7. The Balaban J connectivity index is 2.08. The van der Waals surface area contributed by atoms with Crippen LogP contribution in [0, 0.1) is 5.92 Å². The number of amides is 1. The van der Waals surface area contributed by atoms with Gasteiger partial charge in [0.05, 0.1) is 6.54 Å². The summed E-state index contributed by atoms with van der Waals surface area (Å²) in [5.74, 6) is 0.410. The Bertz CT molecular complexity index is 394. The fraction of sp³-hybridized carbons (Fsp3) is 0.533. The van der Waals surface area contributed by atoms with E-state index in [-0.39, 0.29) is 11.8 Å². The molecule has 0 aromatic heterocycles. The lowest BCUT2D eigenvalue weighted by Gasteiger charge is -2.32. The summed E-state index contributed by atoms with van der Waals surface area (Å²) in [6.07, 6.45) is 2.89. The molecule has 2 rings (SSSR count). The lowest BCUT2D eigenvalue weighted by atomic mass is 9.90. The van der Waals surface area contributed by atoms with Crippen LogP contribution in [-0.2, 0) is 15.1 Å².